The summed E-state index contributed by atoms with van der Waals surface area (Å²) in [5.41, 5.74) is 7.54. The highest BCUT2D eigenvalue weighted by molar-refractivity contribution is 7.21. The van der Waals surface area contributed by atoms with Crippen LogP contribution in [0.2, 0.25) is 0 Å². The molecule has 160 valence electrons. The predicted molar refractivity (Wildman–Crippen MR) is 130 cm³/mol. The van der Waals surface area contributed by atoms with Gasteiger partial charge in [-0.2, -0.15) is 0 Å². The number of nitrogens with one attached hydrogen (secondary N) is 2. The third-order valence-electron chi connectivity index (χ3n) is 6.53. The van der Waals surface area contributed by atoms with E-state index in [1.165, 1.54) is 28.0 Å². The minimum Gasteiger partial charge on any atom is -0.464 e. The highest BCUT2D eigenvalue weighted by Crippen LogP contribution is 2.49. The van der Waals surface area contributed by atoms with Crippen LogP contribution in [0, 0.1) is 0 Å². The van der Waals surface area contributed by atoms with E-state index in [9.17, 15) is 4.79 Å². The van der Waals surface area contributed by atoms with Crippen molar-refractivity contribution in [2.24, 2.45) is 0 Å². The fourth-order valence-corrected chi connectivity index (χ4v) is 6.09. The van der Waals surface area contributed by atoms with Crippen LogP contribution >= 0.6 is 11.3 Å². The fraction of sp³-hybridized carbons (Fsp3) is 0.111. The van der Waals surface area contributed by atoms with Crippen molar-refractivity contribution >= 4 is 33.1 Å². The Labute approximate surface area is 194 Å². The van der Waals surface area contributed by atoms with Crippen molar-refractivity contribution in [2.45, 2.75) is 19.0 Å². The second-order valence-corrected chi connectivity index (χ2v) is 9.40. The molecule has 0 spiro atoms. The first-order valence-electron chi connectivity index (χ1n) is 11.0. The topological polar surface area (TPSA) is 67.2 Å². The van der Waals surface area contributed by atoms with Crippen LogP contribution < -0.4 is 10.6 Å². The fourth-order valence-electron chi connectivity index (χ4n) is 5.04. The SMILES string of the molecule is O=C1N[C@H](c2ccccc2)Nc2c1sc1nc3c(c(-c4ccco4)c21)CCc1ccccc1-3. The Balaban J connectivity index is 1.52. The summed E-state index contributed by atoms with van der Waals surface area (Å²) in [7, 11) is 0. The van der Waals surface area contributed by atoms with E-state index in [4.69, 9.17) is 9.40 Å². The number of fused-ring (bicyclic) bond motifs is 6. The Hall–Kier alpha value is -3.90. The van der Waals surface area contributed by atoms with E-state index in [1.807, 2.05) is 42.5 Å². The molecule has 0 fully saturated rings. The zero-order valence-electron chi connectivity index (χ0n) is 17.6. The molecule has 2 aromatic carbocycles. The van der Waals surface area contributed by atoms with Crippen molar-refractivity contribution in [1.29, 1.82) is 0 Å². The molecule has 4 heterocycles. The Morgan fingerprint density at radius 1 is 0.939 bits per heavy atom. The lowest BCUT2D eigenvalue weighted by Crippen LogP contribution is -2.37. The minimum atomic E-state index is -0.301. The number of anilines is 1. The van der Waals surface area contributed by atoms with Crippen molar-refractivity contribution in [3.05, 3.63) is 94.6 Å². The largest absolute Gasteiger partial charge is 0.464 e. The van der Waals surface area contributed by atoms with Gasteiger partial charge in [0.25, 0.3) is 5.91 Å². The first-order valence-corrected chi connectivity index (χ1v) is 11.8. The van der Waals surface area contributed by atoms with Gasteiger partial charge < -0.3 is 15.1 Å². The first kappa shape index (κ1) is 18.7. The molecule has 6 heteroatoms. The maximum Gasteiger partial charge on any atom is 0.265 e. The van der Waals surface area contributed by atoms with Crippen LogP contribution in [0.15, 0.2) is 77.4 Å². The highest BCUT2D eigenvalue weighted by atomic mass is 32.1. The van der Waals surface area contributed by atoms with Gasteiger partial charge in [0.1, 0.15) is 21.6 Å². The van der Waals surface area contributed by atoms with Crippen molar-refractivity contribution in [2.75, 3.05) is 5.32 Å². The standard InChI is InChI=1S/C27H19N3O2S/c31-26-24-23(28-25(30-26)16-8-2-1-3-9-16)21-20(19-11-6-14-32-19)18-13-12-15-7-4-5-10-17(15)22(18)29-27(21)33-24/h1-11,14,25,28H,12-13H2,(H,30,31)/t25-/m1/s1. The normalized spacial score (nSPS) is 16.5. The number of pyridine rings is 1. The van der Waals surface area contributed by atoms with Crippen molar-refractivity contribution in [3.63, 3.8) is 0 Å². The number of amides is 1. The molecule has 3 aromatic heterocycles. The zero-order chi connectivity index (χ0) is 21.9. The van der Waals surface area contributed by atoms with Gasteiger partial charge >= 0.3 is 0 Å². The molecule has 0 saturated heterocycles. The maximum atomic E-state index is 13.2. The summed E-state index contributed by atoms with van der Waals surface area (Å²) in [4.78, 5) is 19.8. The van der Waals surface area contributed by atoms with E-state index in [2.05, 4.69) is 34.9 Å². The monoisotopic (exact) mass is 449 g/mol. The Morgan fingerprint density at radius 2 is 1.79 bits per heavy atom. The van der Waals surface area contributed by atoms with Gasteiger partial charge in [-0.15, -0.1) is 11.3 Å². The van der Waals surface area contributed by atoms with Crippen molar-refractivity contribution < 1.29 is 9.21 Å². The van der Waals surface area contributed by atoms with Gasteiger partial charge in [0.2, 0.25) is 0 Å². The van der Waals surface area contributed by atoms with E-state index in [-0.39, 0.29) is 12.1 Å². The molecule has 1 amide bonds. The van der Waals surface area contributed by atoms with Crippen LogP contribution in [0.1, 0.15) is 32.5 Å². The zero-order valence-corrected chi connectivity index (χ0v) is 18.4. The quantitative estimate of drug-likeness (QED) is 0.338. The molecular weight excluding hydrogens is 430 g/mol. The molecule has 0 saturated carbocycles. The second-order valence-electron chi connectivity index (χ2n) is 8.40. The Kier molecular flexibility index (Phi) is 3.98. The third-order valence-corrected chi connectivity index (χ3v) is 7.61. The lowest BCUT2D eigenvalue weighted by atomic mass is 9.85. The molecule has 2 N–H and O–H groups in total. The molecule has 5 aromatic rings. The first-order chi connectivity index (χ1) is 16.3. The van der Waals surface area contributed by atoms with E-state index in [1.54, 1.807) is 6.26 Å². The van der Waals surface area contributed by atoms with Gasteiger partial charge in [-0.05, 0) is 41.7 Å². The molecule has 0 bridgehead atoms. The average molecular weight is 450 g/mol. The van der Waals surface area contributed by atoms with Crippen LogP contribution in [-0.4, -0.2) is 10.9 Å². The predicted octanol–water partition coefficient (Wildman–Crippen LogP) is 6.18. The molecule has 1 aliphatic carbocycles. The average Bonchev–Trinajstić information content (AvgIpc) is 3.52. The van der Waals surface area contributed by atoms with Gasteiger partial charge in [-0.1, -0.05) is 54.6 Å². The van der Waals surface area contributed by atoms with Crippen LogP contribution in [0.5, 0.6) is 0 Å². The summed E-state index contributed by atoms with van der Waals surface area (Å²) in [6, 6.07) is 22.3. The highest BCUT2D eigenvalue weighted by Gasteiger charge is 2.33. The van der Waals surface area contributed by atoms with E-state index in [0.29, 0.717) is 4.88 Å². The summed E-state index contributed by atoms with van der Waals surface area (Å²) < 4.78 is 5.93. The van der Waals surface area contributed by atoms with Gasteiger partial charge in [0.05, 0.1) is 17.6 Å². The summed E-state index contributed by atoms with van der Waals surface area (Å²) >= 11 is 1.44. The number of carbonyl (C=O) groups excluding carboxylic acids is 1. The van der Waals surface area contributed by atoms with Crippen molar-refractivity contribution in [3.8, 4) is 22.6 Å². The van der Waals surface area contributed by atoms with Gasteiger partial charge in [-0.3, -0.25) is 4.79 Å². The maximum absolute atomic E-state index is 13.2. The van der Waals surface area contributed by atoms with Gasteiger partial charge in [-0.25, -0.2) is 4.98 Å². The summed E-state index contributed by atoms with van der Waals surface area (Å²) in [6.07, 6.45) is 3.24. The summed E-state index contributed by atoms with van der Waals surface area (Å²) in [5.74, 6) is 0.729. The number of hydrogen-bond donors (Lipinski definition) is 2. The second kappa shape index (κ2) is 7.05. The lowest BCUT2D eigenvalue weighted by molar-refractivity contribution is 0.0940. The number of nitrogens with zero attached hydrogens (tertiary/aromatic N) is 1. The number of rotatable bonds is 2. The molecule has 0 radical (unpaired) electrons. The molecule has 33 heavy (non-hydrogen) atoms. The van der Waals surface area contributed by atoms with E-state index >= 15 is 0 Å². The van der Waals surface area contributed by atoms with Crippen LogP contribution in [0.25, 0.3) is 32.8 Å². The molecule has 1 aliphatic heterocycles. The van der Waals surface area contributed by atoms with Crippen LogP contribution in [0.3, 0.4) is 0 Å². The summed E-state index contributed by atoms with van der Waals surface area (Å²) in [5, 5.41) is 7.66. The number of furan rings is 1. The molecule has 7 rings (SSSR count). The third kappa shape index (κ3) is 2.77. The van der Waals surface area contributed by atoms with Gasteiger partial charge in [0, 0.05) is 16.5 Å². The number of aryl methyl sites for hydroxylation is 1. The Bertz CT molecular complexity index is 1540. The minimum absolute atomic E-state index is 0.0793. The molecular formula is C27H19N3O2S. The number of hydrogen-bond acceptors (Lipinski definition) is 5. The van der Waals surface area contributed by atoms with Crippen LogP contribution in [-0.2, 0) is 12.8 Å². The molecule has 2 aliphatic rings. The number of benzene rings is 2. The molecule has 1 atom stereocenters. The van der Waals surface area contributed by atoms with Crippen LogP contribution in [0.4, 0.5) is 5.69 Å². The van der Waals surface area contributed by atoms with Gasteiger partial charge in [0.15, 0.2) is 0 Å². The lowest BCUT2D eigenvalue weighted by Gasteiger charge is -2.27. The van der Waals surface area contributed by atoms with E-state index in [0.717, 1.165) is 51.3 Å². The number of thiophene rings is 1. The number of aromatic nitrogens is 1. The van der Waals surface area contributed by atoms with Crippen molar-refractivity contribution in [1.82, 2.24) is 10.3 Å². The molecule has 5 nitrogen and oxygen atoms in total. The summed E-state index contributed by atoms with van der Waals surface area (Å²) in [6.45, 7) is 0. The number of carbonyl (C=O) groups is 1. The smallest absolute Gasteiger partial charge is 0.265 e. The molecule has 0 unspecified atom stereocenters. The van der Waals surface area contributed by atoms with E-state index < -0.39 is 0 Å². The Morgan fingerprint density at radius 3 is 2.64 bits per heavy atom.